The standard InChI is InChI=1S/C16H16N2O2S/c19-15-9-5-4-8-14(15)10-17-18-16(20)12-21-11-13-6-2-1-3-7-13/h1-10,19H,11-12H2,(H,18,20)/b17-10-. The van der Waals surface area contributed by atoms with E-state index < -0.39 is 0 Å². The number of amides is 1. The Kier molecular flexibility index (Phi) is 5.84. The lowest BCUT2D eigenvalue weighted by molar-refractivity contribution is -0.118. The molecular formula is C16H16N2O2S. The van der Waals surface area contributed by atoms with Gasteiger partial charge in [-0.1, -0.05) is 42.5 Å². The van der Waals surface area contributed by atoms with Crippen molar-refractivity contribution in [2.45, 2.75) is 5.75 Å². The number of carbonyl (C=O) groups is 1. The number of thioether (sulfide) groups is 1. The van der Waals surface area contributed by atoms with Crippen LogP contribution in [0.2, 0.25) is 0 Å². The quantitative estimate of drug-likeness (QED) is 0.637. The Morgan fingerprint density at radius 2 is 1.86 bits per heavy atom. The van der Waals surface area contributed by atoms with Crippen molar-refractivity contribution in [1.29, 1.82) is 0 Å². The normalized spacial score (nSPS) is 10.7. The maximum atomic E-state index is 11.6. The number of phenolic OH excluding ortho intramolecular Hbond substituents is 1. The molecule has 108 valence electrons. The first kappa shape index (κ1) is 15.1. The summed E-state index contributed by atoms with van der Waals surface area (Å²) in [4.78, 5) is 11.6. The van der Waals surface area contributed by atoms with Crippen molar-refractivity contribution in [2.75, 3.05) is 5.75 Å². The summed E-state index contributed by atoms with van der Waals surface area (Å²) in [6.07, 6.45) is 1.43. The zero-order chi connectivity index (χ0) is 14.9. The molecule has 0 aliphatic carbocycles. The number of rotatable bonds is 6. The van der Waals surface area contributed by atoms with E-state index >= 15 is 0 Å². The van der Waals surface area contributed by atoms with Crippen LogP contribution in [0.1, 0.15) is 11.1 Å². The Balaban J connectivity index is 1.71. The molecule has 0 spiro atoms. The third kappa shape index (κ3) is 5.31. The smallest absolute Gasteiger partial charge is 0.250 e. The first-order chi connectivity index (χ1) is 10.3. The predicted molar refractivity (Wildman–Crippen MR) is 86.4 cm³/mol. The lowest BCUT2D eigenvalue weighted by Crippen LogP contribution is -2.19. The molecule has 0 bridgehead atoms. The number of hydrogen-bond acceptors (Lipinski definition) is 4. The molecule has 0 aliphatic heterocycles. The molecule has 0 aromatic heterocycles. The molecule has 0 atom stereocenters. The second kappa shape index (κ2) is 8.11. The summed E-state index contributed by atoms with van der Waals surface area (Å²) < 4.78 is 0. The van der Waals surface area contributed by atoms with Gasteiger partial charge in [0.25, 0.3) is 0 Å². The minimum atomic E-state index is -0.164. The van der Waals surface area contributed by atoms with Crippen LogP contribution < -0.4 is 5.43 Å². The van der Waals surface area contributed by atoms with Gasteiger partial charge in [-0.15, -0.1) is 11.8 Å². The molecule has 0 heterocycles. The molecule has 0 unspecified atom stereocenters. The molecule has 0 radical (unpaired) electrons. The minimum Gasteiger partial charge on any atom is -0.507 e. The summed E-state index contributed by atoms with van der Waals surface area (Å²) in [6.45, 7) is 0. The Labute approximate surface area is 127 Å². The predicted octanol–water partition coefficient (Wildman–Crippen LogP) is 2.78. The van der Waals surface area contributed by atoms with Crippen molar-refractivity contribution in [3.63, 3.8) is 0 Å². The summed E-state index contributed by atoms with van der Waals surface area (Å²) >= 11 is 1.53. The fourth-order valence-electron chi connectivity index (χ4n) is 1.64. The average molecular weight is 300 g/mol. The molecule has 21 heavy (non-hydrogen) atoms. The number of para-hydroxylation sites is 1. The number of nitrogens with one attached hydrogen (secondary N) is 1. The van der Waals surface area contributed by atoms with E-state index in [4.69, 9.17) is 0 Å². The molecule has 2 aromatic rings. The molecule has 0 fully saturated rings. The fraction of sp³-hybridized carbons (Fsp3) is 0.125. The van der Waals surface area contributed by atoms with Crippen molar-refractivity contribution in [2.24, 2.45) is 5.10 Å². The van der Waals surface area contributed by atoms with Gasteiger partial charge in [-0.25, -0.2) is 5.43 Å². The molecule has 2 rings (SSSR count). The van der Waals surface area contributed by atoms with E-state index in [-0.39, 0.29) is 11.7 Å². The third-order valence-corrected chi connectivity index (χ3v) is 3.68. The monoisotopic (exact) mass is 300 g/mol. The van der Waals surface area contributed by atoms with E-state index in [1.54, 1.807) is 24.3 Å². The van der Waals surface area contributed by atoms with Crippen molar-refractivity contribution in [1.82, 2.24) is 5.43 Å². The lowest BCUT2D eigenvalue weighted by atomic mass is 10.2. The molecule has 0 saturated heterocycles. The van der Waals surface area contributed by atoms with Crippen LogP contribution in [0.25, 0.3) is 0 Å². The van der Waals surface area contributed by atoms with E-state index in [1.807, 2.05) is 30.3 Å². The highest BCUT2D eigenvalue weighted by Gasteiger charge is 2.01. The number of benzene rings is 2. The topological polar surface area (TPSA) is 61.7 Å². The summed E-state index contributed by atoms with van der Waals surface area (Å²) in [7, 11) is 0. The van der Waals surface area contributed by atoms with Crippen LogP contribution in [0.15, 0.2) is 59.7 Å². The van der Waals surface area contributed by atoms with Crippen molar-refractivity contribution in [3.8, 4) is 5.75 Å². The molecule has 4 nitrogen and oxygen atoms in total. The zero-order valence-electron chi connectivity index (χ0n) is 11.4. The average Bonchev–Trinajstić information content (AvgIpc) is 2.50. The zero-order valence-corrected chi connectivity index (χ0v) is 12.2. The van der Waals surface area contributed by atoms with Crippen molar-refractivity contribution < 1.29 is 9.90 Å². The van der Waals surface area contributed by atoms with Crippen LogP contribution in [0.3, 0.4) is 0 Å². The van der Waals surface area contributed by atoms with Crippen molar-refractivity contribution in [3.05, 3.63) is 65.7 Å². The fourth-order valence-corrected chi connectivity index (χ4v) is 2.42. The van der Waals surface area contributed by atoms with Crippen LogP contribution in [-0.4, -0.2) is 23.0 Å². The number of hydrazone groups is 1. The van der Waals surface area contributed by atoms with Crippen LogP contribution >= 0.6 is 11.8 Å². The van der Waals surface area contributed by atoms with Gasteiger partial charge >= 0.3 is 0 Å². The highest BCUT2D eigenvalue weighted by Crippen LogP contribution is 2.13. The van der Waals surface area contributed by atoms with Crippen LogP contribution in [0.5, 0.6) is 5.75 Å². The highest BCUT2D eigenvalue weighted by molar-refractivity contribution is 7.99. The molecule has 5 heteroatoms. The van der Waals surface area contributed by atoms with E-state index in [0.717, 1.165) is 5.75 Å². The number of aromatic hydroxyl groups is 1. The van der Waals surface area contributed by atoms with Gasteiger partial charge in [0.15, 0.2) is 0 Å². The second-order valence-electron chi connectivity index (χ2n) is 4.33. The SMILES string of the molecule is O=C(CSCc1ccccc1)N/N=C\c1ccccc1O. The first-order valence-corrected chi connectivity index (χ1v) is 7.63. The number of hydrogen-bond donors (Lipinski definition) is 2. The first-order valence-electron chi connectivity index (χ1n) is 6.47. The van der Waals surface area contributed by atoms with E-state index in [2.05, 4.69) is 10.5 Å². The van der Waals surface area contributed by atoms with Gasteiger partial charge in [-0.05, 0) is 17.7 Å². The number of nitrogens with zero attached hydrogens (tertiary/aromatic N) is 1. The van der Waals surface area contributed by atoms with Crippen LogP contribution in [0, 0.1) is 0 Å². The molecule has 1 amide bonds. The van der Waals surface area contributed by atoms with Crippen LogP contribution in [-0.2, 0) is 10.5 Å². The third-order valence-electron chi connectivity index (χ3n) is 2.67. The van der Waals surface area contributed by atoms with Crippen molar-refractivity contribution >= 4 is 23.9 Å². The van der Waals surface area contributed by atoms with Gasteiger partial charge in [0.2, 0.25) is 5.91 Å². The van der Waals surface area contributed by atoms with E-state index in [1.165, 1.54) is 23.5 Å². The van der Waals surface area contributed by atoms with E-state index in [0.29, 0.717) is 11.3 Å². The maximum Gasteiger partial charge on any atom is 0.250 e. The summed E-state index contributed by atoms with van der Waals surface area (Å²) in [6, 6.07) is 16.8. The summed E-state index contributed by atoms with van der Waals surface area (Å²) in [5, 5.41) is 13.4. The Morgan fingerprint density at radius 1 is 1.14 bits per heavy atom. The largest absolute Gasteiger partial charge is 0.507 e. The maximum absolute atomic E-state index is 11.6. The van der Waals surface area contributed by atoms with Crippen LogP contribution in [0.4, 0.5) is 0 Å². The molecule has 2 aromatic carbocycles. The molecule has 0 saturated carbocycles. The Morgan fingerprint density at radius 3 is 2.62 bits per heavy atom. The summed E-state index contributed by atoms with van der Waals surface area (Å²) in [5.41, 5.74) is 4.20. The molecule has 0 aliphatic rings. The van der Waals surface area contributed by atoms with Gasteiger partial charge in [-0.2, -0.15) is 5.10 Å². The minimum absolute atomic E-state index is 0.133. The van der Waals surface area contributed by atoms with E-state index in [9.17, 15) is 9.90 Å². The number of carbonyl (C=O) groups excluding carboxylic acids is 1. The van der Waals surface area contributed by atoms with Gasteiger partial charge in [0.1, 0.15) is 5.75 Å². The summed E-state index contributed by atoms with van der Waals surface area (Å²) in [5.74, 6) is 1.10. The van der Waals surface area contributed by atoms with Gasteiger partial charge < -0.3 is 5.11 Å². The second-order valence-corrected chi connectivity index (χ2v) is 5.32. The molecular weight excluding hydrogens is 284 g/mol. The van der Waals surface area contributed by atoms with Gasteiger partial charge in [0, 0.05) is 11.3 Å². The van der Waals surface area contributed by atoms with Gasteiger partial charge in [-0.3, -0.25) is 4.79 Å². The Hall–Kier alpha value is -2.27. The van der Waals surface area contributed by atoms with Gasteiger partial charge in [0.05, 0.1) is 12.0 Å². The lowest BCUT2D eigenvalue weighted by Gasteiger charge is -2.01. The number of phenols is 1. The Bertz CT molecular complexity index is 615. The molecule has 2 N–H and O–H groups in total. The highest BCUT2D eigenvalue weighted by atomic mass is 32.2.